The van der Waals surface area contributed by atoms with Crippen LogP contribution in [0.2, 0.25) is 0 Å². The van der Waals surface area contributed by atoms with Gasteiger partial charge in [0.1, 0.15) is 0 Å². The monoisotopic (exact) mass is 222 g/mol. The van der Waals surface area contributed by atoms with Crippen molar-refractivity contribution in [1.82, 2.24) is 0 Å². The van der Waals surface area contributed by atoms with Crippen LogP contribution in [0.25, 0.3) is 0 Å². The van der Waals surface area contributed by atoms with E-state index in [2.05, 4.69) is 0 Å². The highest BCUT2D eigenvalue weighted by molar-refractivity contribution is 8.25. The molecule has 72 valence electrons. The molecule has 0 atom stereocenters. The summed E-state index contributed by atoms with van der Waals surface area (Å²) in [6.07, 6.45) is 1.75. The number of rotatable bonds is 2. The summed E-state index contributed by atoms with van der Waals surface area (Å²) in [6, 6.07) is 9.40. The second-order valence-corrected chi connectivity index (χ2v) is 5.42. The number of carbonyl (C=O) groups is 1. The lowest BCUT2D eigenvalue weighted by Gasteiger charge is -1.95. The van der Waals surface area contributed by atoms with Crippen molar-refractivity contribution >= 4 is 29.3 Å². The lowest BCUT2D eigenvalue weighted by molar-refractivity contribution is 0.104. The molecule has 1 aliphatic heterocycles. The Balaban J connectivity index is 2.13. The fourth-order valence-corrected chi connectivity index (χ4v) is 3.49. The van der Waals surface area contributed by atoms with Gasteiger partial charge in [0.15, 0.2) is 5.78 Å². The number of hydrogen-bond donors (Lipinski definition) is 0. The molecule has 1 saturated heterocycles. The smallest absolute Gasteiger partial charge is 0.187 e. The number of hydrogen-bond acceptors (Lipinski definition) is 3. The van der Waals surface area contributed by atoms with Gasteiger partial charge in [-0.15, -0.1) is 23.5 Å². The Kier molecular flexibility index (Phi) is 3.32. The maximum absolute atomic E-state index is 11.7. The van der Waals surface area contributed by atoms with Crippen molar-refractivity contribution in [2.75, 3.05) is 11.5 Å². The molecule has 0 aliphatic carbocycles. The Morgan fingerprint density at radius 1 is 1.14 bits per heavy atom. The SMILES string of the molecule is O=C(C=C1SCCS1)c1ccccc1. The molecule has 1 aromatic rings. The van der Waals surface area contributed by atoms with E-state index < -0.39 is 0 Å². The molecule has 0 amide bonds. The Labute approximate surface area is 92.0 Å². The van der Waals surface area contributed by atoms with Crippen LogP contribution >= 0.6 is 23.5 Å². The number of ketones is 1. The molecule has 2 rings (SSSR count). The highest BCUT2D eigenvalue weighted by atomic mass is 32.2. The van der Waals surface area contributed by atoms with Gasteiger partial charge in [0.25, 0.3) is 0 Å². The predicted molar refractivity (Wildman–Crippen MR) is 63.8 cm³/mol. The molecule has 1 nitrogen and oxygen atoms in total. The Bertz CT molecular complexity index is 349. The normalized spacial score (nSPS) is 15.6. The van der Waals surface area contributed by atoms with Gasteiger partial charge < -0.3 is 0 Å². The second kappa shape index (κ2) is 4.71. The fraction of sp³-hybridized carbons (Fsp3) is 0.182. The van der Waals surface area contributed by atoms with Crippen LogP contribution in [0.15, 0.2) is 40.6 Å². The molecule has 1 heterocycles. The van der Waals surface area contributed by atoms with Crippen molar-refractivity contribution in [3.05, 3.63) is 46.2 Å². The van der Waals surface area contributed by atoms with Gasteiger partial charge >= 0.3 is 0 Å². The summed E-state index contributed by atoms with van der Waals surface area (Å²) in [5.41, 5.74) is 0.771. The van der Waals surface area contributed by atoms with E-state index in [4.69, 9.17) is 0 Å². The molecule has 0 spiro atoms. The molecule has 1 aromatic carbocycles. The summed E-state index contributed by atoms with van der Waals surface area (Å²) in [5, 5.41) is 0. The zero-order valence-corrected chi connectivity index (χ0v) is 9.24. The number of thioether (sulfide) groups is 2. The number of benzene rings is 1. The van der Waals surface area contributed by atoms with Gasteiger partial charge in [-0.3, -0.25) is 4.79 Å². The second-order valence-electron chi connectivity index (χ2n) is 2.89. The zero-order chi connectivity index (χ0) is 9.80. The van der Waals surface area contributed by atoms with Crippen LogP contribution in [0.3, 0.4) is 0 Å². The van der Waals surface area contributed by atoms with Gasteiger partial charge in [-0.05, 0) is 0 Å². The van der Waals surface area contributed by atoms with Gasteiger partial charge in [-0.1, -0.05) is 30.3 Å². The first kappa shape index (κ1) is 9.87. The van der Waals surface area contributed by atoms with Crippen molar-refractivity contribution in [1.29, 1.82) is 0 Å². The first-order valence-corrected chi connectivity index (χ1v) is 6.40. The molecule has 0 unspecified atom stereocenters. The third-order valence-electron chi connectivity index (χ3n) is 1.88. The summed E-state index contributed by atoms with van der Waals surface area (Å²) >= 11 is 3.54. The lowest BCUT2D eigenvalue weighted by Crippen LogP contribution is -1.93. The molecule has 0 bridgehead atoms. The summed E-state index contributed by atoms with van der Waals surface area (Å²) in [4.78, 5) is 11.7. The first-order chi connectivity index (χ1) is 6.86. The fourth-order valence-electron chi connectivity index (χ4n) is 1.20. The molecule has 0 aromatic heterocycles. The van der Waals surface area contributed by atoms with E-state index in [0.29, 0.717) is 0 Å². The van der Waals surface area contributed by atoms with E-state index in [1.807, 2.05) is 30.3 Å². The van der Waals surface area contributed by atoms with E-state index in [0.717, 1.165) is 21.3 Å². The topological polar surface area (TPSA) is 17.1 Å². The van der Waals surface area contributed by atoms with E-state index in [1.54, 1.807) is 29.6 Å². The minimum Gasteiger partial charge on any atom is -0.289 e. The molecule has 1 aliphatic rings. The average molecular weight is 222 g/mol. The minimum atomic E-state index is 0.113. The van der Waals surface area contributed by atoms with Gasteiger partial charge in [0.05, 0.1) is 0 Å². The van der Waals surface area contributed by atoms with Crippen LogP contribution < -0.4 is 0 Å². The van der Waals surface area contributed by atoms with Crippen LogP contribution in [0.5, 0.6) is 0 Å². The number of carbonyl (C=O) groups excluding carboxylic acids is 1. The molecule has 0 radical (unpaired) electrons. The zero-order valence-electron chi connectivity index (χ0n) is 7.60. The molecule has 3 heteroatoms. The summed E-state index contributed by atoms with van der Waals surface area (Å²) in [5.74, 6) is 2.36. The Hall–Kier alpha value is -0.670. The first-order valence-electron chi connectivity index (χ1n) is 4.43. The van der Waals surface area contributed by atoms with Crippen molar-refractivity contribution in [3.63, 3.8) is 0 Å². The minimum absolute atomic E-state index is 0.113. The molecule has 1 fully saturated rings. The summed E-state index contributed by atoms with van der Waals surface area (Å²) < 4.78 is 1.15. The van der Waals surface area contributed by atoms with Crippen LogP contribution in [0.4, 0.5) is 0 Å². The molecule has 0 saturated carbocycles. The standard InChI is InChI=1S/C11H10OS2/c12-10(8-11-13-6-7-14-11)9-4-2-1-3-5-9/h1-5,8H,6-7H2. The van der Waals surface area contributed by atoms with Crippen LogP contribution in [0, 0.1) is 0 Å². The van der Waals surface area contributed by atoms with E-state index in [1.165, 1.54) is 0 Å². The third-order valence-corrected chi connectivity index (χ3v) is 4.47. The maximum Gasteiger partial charge on any atom is 0.187 e. The van der Waals surface area contributed by atoms with Crippen LogP contribution in [-0.4, -0.2) is 17.3 Å². The largest absolute Gasteiger partial charge is 0.289 e. The molecule has 14 heavy (non-hydrogen) atoms. The van der Waals surface area contributed by atoms with Crippen LogP contribution in [0.1, 0.15) is 10.4 Å². The molecule has 0 N–H and O–H groups in total. The Morgan fingerprint density at radius 3 is 2.43 bits per heavy atom. The highest BCUT2D eigenvalue weighted by Crippen LogP contribution is 2.36. The summed E-state index contributed by atoms with van der Waals surface area (Å²) in [6.45, 7) is 0. The van der Waals surface area contributed by atoms with Crippen LogP contribution in [-0.2, 0) is 0 Å². The van der Waals surface area contributed by atoms with Gasteiger partial charge in [-0.2, -0.15) is 0 Å². The van der Waals surface area contributed by atoms with E-state index in [-0.39, 0.29) is 5.78 Å². The highest BCUT2D eigenvalue weighted by Gasteiger charge is 2.10. The van der Waals surface area contributed by atoms with Gasteiger partial charge in [0, 0.05) is 27.4 Å². The maximum atomic E-state index is 11.7. The van der Waals surface area contributed by atoms with E-state index >= 15 is 0 Å². The van der Waals surface area contributed by atoms with Crippen molar-refractivity contribution < 1.29 is 4.79 Å². The van der Waals surface area contributed by atoms with E-state index in [9.17, 15) is 4.79 Å². The van der Waals surface area contributed by atoms with Gasteiger partial charge in [-0.25, -0.2) is 0 Å². The van der Waals surface area contributed by atoms with Crippen molar-refractivity contribution in [2.45, 2.75) is 0 Å². The van der Waals surface area contributed by atoms with Crippen molar-refractivity contribution in [2.24, 2.45) is 0 Å². The van der Waals surface area contributed by atoms with Crippen molar-refractivity contribution in [3.8, 4) is 0 Å². The lowest BCUT2D eigenvalue weighted by atomic mass is 10.1. The Morgan fingerprint density at radius 2 is 1.79 bits per heavy atom. The predicted octanol–water partition coefficient (Wildman–Crippen LogP) is 3.19. The quantitative estimate of drug-likeness (QED) is 0.565. The number of allylic oxidation sites excluding steroid dienone is 1. The average Bonchev–Trinajstić information content (AvgIpc) is 2.72. The van der Waals surface area contributed by atoms with Gasteiger partial charge in [0.2, 0.25) is 0 Å². The summed E-state index contributed by atoms with van der Waals surface area (Å²) in [7, 11) is 0. The molecular weight excluding hydrogens is 212 g/mol. The third kappa shape index (κ3) is 2.42. The molecular formula is C11H10OS2.